The highest BCUT2D eigenvalue weighted by molar-refractivity contribution is 6.09. The van der Waals surface area contributed by atoms with Crippen LogP contribution < -0.4 is 5.32 Å². The lowest BCUT2D eigenvalue weighted by molar-refractivity contribution is -0.112. The summed E-state index contributed by atoms with van der Waals surface area (Å²) in [7, 11) is 0. The molecule has 0 saturated carbocycles. The van der Waals surface area contributed by atoms with E-state index >= 15 is 0 Å². The lowest BCUT2D eigenvalue weighted by atomic mass is 10.1. The minimum atomic E-state index is -0.499. The van der Waals surface area contributed by atoms with Crippen LogP contribution in [0.2, 0.25) is 0 Å². The second-order valence-electron chi connectivity index (χ2n) is 6.71. The Morgan fingerprint density at radius 2 is 1.89 bits per heavy atom. The molecular weight excluding hydrogens is 354 g/mol. The fourth-order valence-corrected chi connectivity index (χ4v) is 3.15. The van der Waals surface area contributed by atoms with Crippen molar-refractivity contribution < 1.29 is 14.3 Å². The first kappa shape index (κ1) is 21.0. The van der Waals surface area contributed by atoms with Crippen molar-refractivity contribution in [2.24, 2.45) is 0 Å². The molecule has 1 heterocycles. The molecule has 1 amide bonds. The highest BCUT2D eigenvalue weighted by Crippen LogP contribution is 2.22. The van der Waals surface area contributed by atoms with Crippen molar-refractivity contribution in [3.8, 4) is 6.07 Å². The molecular formula is C22H25N3O3. The van der Waals surface area contributed by atoms with Gasteiger partial charge in [-0.3, -0.25) is 4.79 Å². The summed E-state index contributed by atoms with van der Waals surface area (Å²) in [6, 6.07) is 10.6. The number of hydrogen-bond donors (Lipinski definition) is 1. The Morgan fingerprint density at radius 3 is 2.39 bits per heavy atom. The molecule has 0 unspecified atom stereocenters. The molecule has 2 rings (SSSR count). The van der Waals surface area contributed by atoms with E-state index < -0.39 is 11.9 Å². The number of benzene rings is 1. The lowest BCUT2D eigenvalue weighted by Crippen LogP contribution is -2.14. The number of carbonyl (C=O) groups is 2. The molecule has 0 atom stereocenters. The number of amides is 1. The van der Waals surface area contributed by atoms with Gasteiger partial charge < -0.3 is 14.6 Å². The van der Waals surface area contributed by atoms with Crippen LogP contribution in [0.1, 0.15) is 54.1 Å². The van der Waals surface area contributed by atoms with Crippen LogP contribution in [0.3, 0.4) is 0 Å². The van der Waals surface area contributed by atoms with Gasteiger partial charge in [-0.1, -0.05) is 0 Å². The molecule has 6 nitrogen and oxygen atoms in total. The van der Waals surface area contributed by atoms with E-state index in [1.807, 2.05) is 26.0 Å². The molecule has 0 aliphatic heterocycles. The van der Waals surface area contributed by atoms with Gasteiger partial charge in [-0.2, -0.15) is 5.26 Å². The van der Waals surface area contributed by atoms with Crippen LogP contribution in [0.5, 0.6) is 0 Å². The van der Waals surface area contributed by atoms with Crippen molar-refractivity contribution in [2.75, 3.05) is 11.9 Å². The van der Waals surface area contributed by atoms with E-state index in [-0.39, 0.29) is 5.57 Å². The van der Waals surface area contributed by atoms with Gasteiger partial charge in [0.05, 0.1) is 12.2 Å². The number of esters is 1. The van der Waals surface area contributed by atoms with Crippen LogP contribution in [0.15, 0.2) is 35.9 Å². The van der Waals surface area contributed by atoms with E-state index in [2.05, 4.69) is 23.7 Å². The monoisotopic (exact) mass is 379 g/mol. The SMILES string of the molecule is CCOC(=O)c1ccc(NC(=O)/C(C#N)=C/c2cc(C)n(C(C)C)c2C)cc1. The van der Waals surface area contributed by atoms with Gasteiger partial charge in [-0.05, 0) is 76.6 Å². The number of hydrogen-bond acceptors (Lipinski definition) is 4. The third-order valence-corrected chi connectivity index (χ3v) is 4.36. The molecule has 146 valence electrons. The van der Waals surface area contributed by atoms with E-state index in [1.54, 1.807) is 37.3 Å². The van der Waals surface area contributed by atoms with Gasteiger partial charge in [0.15, 0.2) is 0 Å². The third-order valence-electron chi connectivity index (χ3n) is 4.36. The molecule has 2 aromatic rings. The standard InChI is InChI=1S/C22H25N3O3/c1-6-28-22(27)17-7-9-20(10-8-17)24-21(26)19(13-23)12-18-11-15(4)25(14(2)3)16(18)5/h7-12,14H,6H2,1-5H3,(H,24,26)/b19-12+. The Kier molecular flexibility index (Phi) is 6.78. The summed E-state index contributed by atoms with van der Waals surface area (Å²) in [6.45, 7) is 10.2. The quantitative estimate of drug-likeness (QED) is 0.458. The second kappa shape index (κ2) is 9.05. The largest absolute Gasteiger partial charge is 0.462 e. The number of aromatic nitrogens is 1. The summed E-state index contributed by atoms with van der Waals surface area (Å²) < 4.78 is 7.09. The number of nitrogens with zero attached hydrogens (tertiary/aromatic N) is 2. The highest BCUT2D eigenvalue weighted by Gasteiger charge is 2.14. The summed E-state index contributed by atoms with van der Waals surface area (Å²) in [4.78, 5) is 24.2. The maximum Gasteiger partial charge on any atom is 0.338 e. The van der Waals surface area contributed by atoms with Crippen molar-refractivity contribution in [1.29, 1.82) is 5.26 Å². The molecule has 1 aromatic heterocycles. The van der Waals surface area contributed by atoms with Gasteiger partial charge in [-0.15, -0.1) is 0 Å². The van der Waals surface area contributed by atoms with Crippen molar-refractivity contribution in [3.63, 3.8) is 0 Å². The number of anilines is 1. The minimum Gasteiger partial charge on any atom is -0.462 e. The van der Waals surface area contributed by atoms with Gasteiger partial charge in [0.1, 0.15) is 11.6 Å². The van der Waals surface area contributed by atoms with Gasteiger partial charge >= 0.3 is 5.97 Å². The number of carbonyl (C=O) groups excluding carboxylic acids is 2. The maximum atomic E-state index is 12.5. The van der Waals surface area contributed by atoms with Gasteiger partial charge in [0.25, 0.3) is 5.91 Å². The molecule has 0 radical (unpaired) electrons. The zero-order chi connectivity index (χ0) is 20.8. The fraction of sp³-hybridized carbons (Fsp3) is 0.318. The maximum absolute atomic E-state index is 12.5. The predicted octanol–water partition coefficient (Wildman–Crippen LogP) is 4.41. The number of nitriles is 1. The first-order valence-electron chi connectivity index (χ1n) is 9.17. The van der Waals surface area contributed by atoms with E-state index in [4.69, 9.17) is 4.74 Å². The van der Waals surface area contributed by atoms with Crippen LogP contribution in [-0.2, 0) is 9.53 Å². The van der Waals surface area contributed by atoms with Gasteiger partial charge in [0.2, 0.25) is 0 Å². The second-order valence-corrected chi connectivity index (χ2v) is 6.71. The van der Waals surface area contributed by atoms with E-state index in [1.165, 1.54) is 0 Å². The molecule has 1 aromatic carbocycles. The molecule has 28 heavy (non-hydrogen) atoms. The number of nitrogens with one attached hydrogen (secondary N) is 1. The number of ether oxygens (including phenoxy) is 1. The third kappa shape index (κ3) is 4.68. The summed E-state index contributed by atoms with van der Waals surface area (Å²) in [5, 5.41) is 12.1. The smallest absolute Gasteiger partial charge is 0.338 e. The van der Waals surface area contributed by atoms with E-state index in [0.29, 0.717) is 23.9 Å². The summed E-state index contributed by atoms with van der Waals surface area (Å²) >= 11 is 0. The van der Waals surface area contributed by atoms with Crippen LogP contribution in [0, 0.1) is 25.2 Å². The first-order valence-corrected chi connectivity index (χ1v) is 9.17. The molecule has 0 aliphatic rings. The zero-order valence-electron chi connectivity index (χ0n) is 16.9. The molecule has 0 bridgehead atoms. The van der Waals surface area contributed by atoms with Gasteiger partial charge in [0, 0.05) is 23.1 Å². The first-order chi connectivity index (χ1) is 13.3. The molecule has 1 N–H and O–H groups in total. The Labute approximate surface area is 165 Å². The average molecular weight is 379 g/mol. The lowest BCUT2D eigenvalue weighted by Gasteiger charge is -2.13. The molecule has 0 fully saturated rings. The number of aryl methyl sites for hydroxylation is 1. The molecule has 0 spiro atoms. The van der Waals surface area contributed by atoms with E-state index in [0.717, 1.165) is 17.0 Å². The summed E-state index contributed by atoms with van der Waals surface area (Å²) in [6.07, 6.45) is 1.60. The molecule has 0 aliphatic carbocycles. The Bertz CT molecular complexity index is 945. The topological polar surface area (TPSA) is 84.1 Å². The van der Waals surface area contributed by atoms with Crippen LogP contribution in [0.4, 0.5) is 5.69 Å². The zero-order valence-corrected chi connectivity index (χ0v) is 16.9. The van der Waals surface area contributed by atoms with Crippen molar-refractivity contribution in [3.05, 3.63) is 58.4 Å². The Hall–Kier alpha value is -3.33. The minimum absolute atomic E-state index is 0.0125. The van der Waals surface area contributed by atoms with Crippen LogP contribution in [0.25, 0.3) is 6.08 Å². The normalized spacial score (nSPS) is 11.2. The van der Waals surface area contributed by atoms with Crippen molar-refractivity contribution in [2.45, 2.75) is 40.7 Å². The highest BCUT2D eigenvalue weighted by atomic mass is 16.5. The summed E-state index contributed by atoms with van der Waals surface area (Å²) in [5.41, 5.74) is 3.83. The van der Waals surface area contributed by atoms with Crippen molar-refractivity contribution >= 4 is 23.6 Å². The van der Waals surface area contributed by atoms with E-state index in [9.17, 15) is 14.9 Å². The van der Waals surface area contributed by atoms with Crippen molar-refractivity contribution in [1.82, 2.24) is 4.57 Å². The average Bonchev–Trinajstić information content (AvgIpc) is 2.93. The predicted molar refractivity (Wildman–Crippen MR) is 109 cm³/mol. The Morgan fingerprint density at radius 1 is 1.25 bits per heavy atom. The number of rotatable bonds is 6. The molecule has 6 heteroatoms. The van der Waals surface area contributed by atoms with Gasteiger partial charge in [-0.25, -0.2) is 4.79 Å². The fourth-order valence-electron chi connectivity index (χ4n) is 3.15. The Balaban J connectivity index is 2.21. The van der Waals surface area contributed by atoms with Crippen LogP contribution in [-0.4, -0.2) is 23.1 Å². The molecule has 0 saturated heterocycles. The van der Waals surface area contributed by atoms with Crippen LogP contribution >= 0.6 is 0 Å². The summed E-state index contributed by atoms with van der Waals surface area (Å²) in [5.74, 6) is -0.917.